The summed E-state index contributed by atoms with van der Waals surface area (Å²) in [5.41, 5.74) is 36.3. The van der Waals surface area contributed by atoms with Gasteiger partial charge in [-0.1, -0.05) is 183 Å². The molecule has 0 unspecified atom stereocenters. The summed E-state index contributed by atoms with van der Waals surface area (Å²) in [7, 11) is 0. The number of benzene rings is 11. The number of allylic oxidation sites excluding steroid dienone is 12. The highest BCUT2D eigenvalue weighted by atomic mass is 15.0. The fourth-order valence-corrected chi connectivity index (χ4v) is 16.2. The van der Waals surface area contributed by atoms with Crippen LogP contribution in [0.4, 0.5) is 0 Å². The molecule has 0 amide bonds. The lowest BCUT2D eigenvalue weighted by atomic mass is 9.89. The van der Waals surface area contributed by atoms with Crippen molar-refractivity contribution in [3.8, 4) is 44.5 Å². The van der Waals surface area contributed by atoms with Crippen LogP contribution in [0.2, 0.25) is 0 Å². The minimum absolute atomic E-state index is 0.906. The smallest absolute Gasteiger partial charge is 0.0491 e. The van der Waals surface area contributed by atoms with Crippen LogP contribution in [0.1, 0.15) is 84.7 Å². The Kier molecular flexibility index (Phi) is 13.9. The van der Waals surface area contributed by atoms with E-state index in [-0.39, 0.29) is 0 Å². The van der Waals surface area contributed by atoms with E-state index in [2.05, 4.69) is 328 Å². The van der Waals surface area contributed by atoms with Crippen LogP contribution in [0, 0.1) is 0 Å². The Morgan fingerprint density at radius 3 is 1.17 bits per heavy atom. The van der Waals surface area contributed by atoms with E-state index in [9.17, 15) is 0 Å². The van der Waals surface area contributed by atoms with Crippen LogP contribution in [-0.2, 0) is 19.6 Å². The molecule has 0 saturated heterocycles. The molecule has 0 radical (unpaired) electrons. The maximum Gasteiger partial charge on any atom is 0.0491 e. The minimum atomic E-state index is 0.906. The van der Waals surface area contributed by atoms with Crippen molar-refractivity contribution in [3.05, 3.63) is 335 Å². The van der Waals surface area contributed by atoms with Crippen molar-refractivity contribution in [3.63, 3.8) is 0 Å². The van der Waals surface area contributed by atoms with Crippen molar-refractivity contribution in [1.82, 2.24) is 13.7 Å². The molecule has 0 bridgehead atoms. The molecule has 454 valence electrons. The van der Waals surface area contributed by atoms with E-state index in [1.807, 2.05) is 12.2 Å². The average molecular weight is 1220 g/mol. The topological polar surface area (TPSA) is 14.8 Å². The van der Waals surface area contributed by atoms with Gasteiger partial charge in [0.25, 0.3) is 0 Å². The monoisotopic (exact) mass is 1220 g/mol. The molecule has 3 heteroatoms. The number of hydrogen-bond donors (Lipinski definition) is 0. The molecule has 95 heavy (non-hydrogen) atoms. The Labute approximate surface area is 555 Å². The second-order valence-corrected chi connectivity index (χ2v) is 25.6. The third kappa shape index (κ3) is 9.16. The van der Waals surface area contributed by atoms with Crippen molar-refractivity contribution in [2.45, 2.75) is 54.3 Å². The van der Waals surface area contributed by atoms with Gasteiger partial charge < -0.3 is 13.7 Å². The normalized spacial score (nSPS) is 14.9. The maximum absolute atomic E-state index is 4.43. The van der Waals surface area contributed by atoms with Crippen molar-refractivity contribution in [1.29, 1.82) is 0 Å². The zero-order valence-electron chi connectivity index (χ0n) is 54.4. The summed E-state index contributed by atoms with van der Waals surface area (Å²) < 4.78 is 7.29. The predicted octanol–water partition coefficient (Wildman–Crippen LogP) is 24.8. The number of aryl methyl sites for hydroxylation is 3. The minimum Gasteiger partial charge on any atom is -0.341 e. The second-order valence-electron chi connectivity index (χ2n) is 25.6. The molecule has 0 N–H and O–H groups in total. The molecule has 0 fully saturated rings. The first-order chi connectivity index (χ1) is 46.7. The lowest BCUT2D eigenvalue weighted by molar-refractivity contribution is 0.827. The van der Waals surface area contributed by atoms with Gasteiger partial charge in [0.05, 0.1) is 0 Å². The quantitative estimate of drug-likeness (QED) is 0.102. The number of para-hydroxylation sites is 3. The van der Waals surface area contributed by atoms with Crippen LogP contribution in [-0.4, -0.2) is 13.7 Å². The average Bonchev–Trinajstić information content (AvgIpc) is 1.65. The molecule has 14 aromatic rings. The third-order valence-electron chi connectivity index (χ3n) is 20.5. The molecule has 17 rings (SSSR count). The van der Waals surface area contributed by atoms with E-state index in [0.717, 1.165) is 58.6 Å². The summed E-state index contributed by atoms with van der Waals surface area (Å²) >= 11 is 0. The van der Waals surface area contributed by atoms with Crippen LogP contribution in [0.3, 0.4) is 0 Å². The van der Waals surface area contributed by atoms with Gasteiger partial charge in [-0.2, -0.15) is 0 Å². The van der Waals surface area contributed by atoms with E-state index >= 15 is 0 Å². The fourth-order valence-electron chi connectivity index (χ4n) is 16.2. The molecule has 3 heterocycles. The third-order valence-corrected chi connectivity index (χ3v) is 20.5. The molecule has 3 aromatic heterocycles. The number of fused-ring (bicyclic) bond motifs is 14. The number of hydrogen-bond acceptors (Lipinski definition) is 0. The first-order valence-electron chi connectivity index (χ1n) is 33.6. The van der Waals surface area contributed by atoms with Gasteiger partial charge in [-0.05, 0) is 277 Å². The Bertz CT molecular complexity index is 5890. The Morgan fingerprint density at radius 1 is 0.316 bits per heavy atom. The SMILES string of the molecule is C=C/C=C\C1=C(C)c2ccc(-c3cc(-c4ccc5c(c4)/C(=C/c4ccc6c(c4)c4ccccc4n6CC)C(/C=C\C)=C5C=C)cc(-c4ccc5c(c4)/C(=C/c4ccc6c(c4)c4ccccc4n6CC)c4ccccc4-5)c3)cc2/C1=C/c1ccc2c(c1)c1ccccc1n2CC. The van der Waals surface area contributed by atoms with Gasteiger partial charge in [-0.3, -0.25) is 0 Å². The van der Waals surface area contributed by atoms with Gasteiger partial charge in [0.2, 0.25) is 0 Å². The number of nitrogens with zero attached hydrogens (tertiary/aromatic N) is 3. The predicted molar refractivity (Wildman–Crippen MR) is 410 cm³/mol. The summed E-state index contributed by atoms with van der Waals surface area (Å²) in [5.74, 6) is 0. The van der Waals surface area contributed by atoms with E-state index in [4.69, 9.17) is 0 Å². The zero-order valence-corrected chi connectivity index (χ0v) is 54.4. The van der Waals surface area contributed by atoms with Crippen molar-refractivity contribution < 1.29 is 0 Å². The van der Waals surface area contributed by atoms with Gasteiger partial charge in [-0.15, -0.1) is 0 Å². The van der Waals surface area contributed by atoms with Gasteiger partial charge in [0, 0.05) is 85.1 Å². The van der Waals surface area contributed by atoms with Crippen LogP contribution < -0.4 is 0 Å². The summed E-state index contributed by atoms with van der Waals surface area (Å²) in [6, 6.07) is 85.0. The van der Waals surface area contributed by atoms with Crippen molar-refractivity contribution >= 4 is 112 Å². The molecule has 3 nitrogen and oxygen atoms in total. The standard InChI is InChI=1S/C92H71N3/c1-8-14-24-68-57(7)69-39-36-61(54-81(69)78(68)45-58-33-42-90-84(48-58)75-27-17-20-30-87(75)93(90)11-4)64-51-65(62-37-40-73-67(10-3)70(23-9-2)79(82(73)55-62)46-59-34-43-91-85(49-59)76-28-18-21-31-88(76)94(91)12-5)53-66(52-64)63-38-41-74-71-25-15-16-26-72(71)80(83(74)56-63)47-60-35-44-92-86(50-60)77-29-19-22-32-89(77)95(92)13-6/h8-10,14-56H,1,3,11-13H2,2,4-7H3/b23-9-,24-14-,78-45+,79-46+,80-47+. The van der Waals surface area contributed by atoms with E-state index in [1.54, 1.807) is 0 Å². The maximum atomic E-state index is 4.43. The van der Waals surface area contributed by atoms with E-state index < -0.39 is 0 Å². The zero-order chi connectivity index (χ0) is 64.2. The fraction of sp³-hybridized carbons (Fsp3) is 0.0870. The highest BCUT2D eigenvalue weighted by Crippen LogP contribution is 2.51. The first kappa shape index (κ1) is 57.4. The summed E-state index contributed by atoms with van der Waals surface area (Å²) in [6.45, 7) is 22.4. The lowest BCUT2D eigenvalue weighted by Crippen LogP contribution is -1.93. The summed E-state index contributed by atoms with van der Waals surface area (Å²) in [6.07, 6.45) is 19.9. The molecule has 3 aliphatic rings. The first-order valence-corrected chi connectivity index (χ1v) is 33.6. The molecule has 0 atom stereocenters. The number of aromatic nitrogens is 3. The molecule has 0 spiro atoms. The van der Waals surface area contributed by atoms with Gasteiger partial charge in [0.15, 0.2) is 0 Å². The molecule has 0 saturated carbocycles. The Morgan fingerprint density at radius 2 is 0.705 bits per heavy atom. The van der Waals surface area contributed by atoms with E-state index in [1.165, 1.54) is 160 Å². The van der Waals surface area contributed by atoms with Crippen LogP contribution in [0.5, 0.6) is 0 Å². The Hall–Kier alpha value is -11.5. The molecular weight excluding hydrogens is 1150 g/mol. The second kappa shape index (κ2) is 22.9. The highest BCUT2D eigenvalue weighted by Gasteiger charge is 2.28. The summed E-state index contributed by atoms with van der Waals surface area (Å²) in [4.78, 5) is 0. The van der Waals surface area contributed by atoms with Gasteiger partial charge >= 0.3 is 0 Å². The summed E-state index contributed by atoms with van der Waals surface area (Å²) in [5, 5.41) is 7.67. The lowest BCUT2D eigenvalue weighted by Gasteiger charge is -2.15. The van der Waals surface area contributed by atoms with Crippen LogP contribution in [0.25, 0.3) is 156 Å². The number of rotatable bonds is 13. The van der Waals surface area contributed by atoms with Gasteiger partial charge in [-0.25, -0.2) is 0 Å². The molecular formula is C92H71N3. The van der Waals surface area contributed by atoms with Gasteiger partial charge in [0.1, 0.15) is 0 Å². The largest absolute Gasteiger partial charge is 0.341 e. The molecule has 11 aromatic carbocycles. The molecule has 3 aliphatic carbocycles. The Balaban J connectivity index is 0.843. The van der Waals surface area contributed by atoms with Crippen molar-refractivity contribution in [2.75, 3.05) is 0 Å². The van der Waals surface area contributed by atoms with E-state index in [0.29, 0.717) is 0 Å². The van der Waals surface area contributed by atoms with Crippen LogP contribution in [0.15, 0.2) is 285 Å². The van der Waals surface area contributed by atoms with Crippen LogP contribution >= 0.6 is 0 Å². The van der Waals surface area contributed by atoms with Crippen molar-refractivity contribution in [2.24, 2.45) is 0 Å². The molecule has 0 aliphatic heterocycles. The highest BCUT2D eigenvalue weighted by molar-refractivity contribution is 6.15.